The summed E-state index contributed by atoms with van der Waals surface area (Å²) in [5.41, 5.74) is 2.17. The monoisotopic (exact) mass is 351 g/mol. The number of carbonyl (C=O) groups excluding carboxylic acids is 2. The largest absolute Gasteiger partial charge is 0.493 e. The lowest BCUT2D eigenvalue weighted by atomic mass is 10.1. The van der Waals surface area contributed by atoms with Crippen molar-refractivity contribution in [2.75, 3.05) is 25.7 Å². The van der Waals surface area contributed by atoms with E-state index in [1.54, 1.807) is 43.4 Å². The van der Waals surface area contributed by atoms with Crippen molar-refractivity contribution in [3.05, 3.63) is 59.7 Å². The minimum atomic E-state index is -0.117. The number of amides is 1. The topological polar surface area (TPSA) is 55.8 Å². The summed E-state index contributed by atoms with van der Waals surface area (Å²) in [6.45, 7) is 0.738. The molecule has 1 saturated heterocycles. The Bertz CT molecular complexity index is 840. The van der Waals surface area contributed by atoms with Crippen molar-refractivity contribution in [1.29, 1.82) is 0 Å². The highest BCUT2D eigenvalue weighted by molar-refractivity contribution is 6.07. The van der Waals surface area contributed by atoms with E-state index < -0.39 is 0 Å². The van der Waals surface area contributed by atoms with E-state index in [0.717, 1.165) is 24.2 Å². The molecule has 5 heteroatoms. The van der Waals surface area contributed by atoms with E-state index in [0.29, 0.717) is 23.5 Å². The van der Waals surface area contributed by atoms with E-state index in [4.69, 9.17) is 9.47 Å². The highest BCUT2D eigenvalue weighted by atomic mass is 16.5. The van der Waals surface area contributed by atoms with E-state index in [9.17, 15) is 9.59 Å². The second kappa shape index (κ2) is 7.87. The van der Waals surface area contributed by atoms with Crippen LogP contribution in [0.5, 0.6) is 11.5 Å². The molecule has 0 atom stereocenters. The molecule has 1 amide bonds. The number of carbonyl (C=O) groups is 2. The molecule has 0 radical (unpaired) electrons. The first kappa shape index (κ1) is 17.7. The fourth-order valence-electron chi connectivity index (χ4n) is 3.03. The Morgan fingerprint density at radius 1 is 1.08 bits per heavy atom. The Hall–Kier alpha value is -3.08. The van der Waals surface area contributed by atoms with Gasteiger partial charge in [-0.05, 0) is 48.9 Å². The number of rotatable bonds is 6. The molecule has 5 nitrogen and oxygen atoms in total. The molecule has 1 fully saturated rings. The summed E-state index contributed by atoms with van der Waals surface area (Å²) in [7, 11) is 3.14. The fraction of sp³-hybridized carbons (Fsp3) is 0.238. The maximum absolute atomic E-state index is 12.4. The zero-order chi connectivity index (χ0) is 18.5. The number of hydrogen-bond acceptors (Lipinski definition) is 4. The Balaban J connectivity index is 1.76. The molecule has 0 aromatic heterocycles. The van der Waals surface area contributed by atoms with Gasteiger partial charge in [-0.2, -0.15) is 0 Å². The lowest BCUT2D eigenvalue weighted by molar-refractivity contribution is -0.117. The Labute approximate surface area is 152 Å². The SMILES string of the molecule is COc1cccc(/C=C/C(=O)c2ccc(N3CCCC3=O)cc2)c1OC. The summed E-state index contributed by atoms with van der Waals surface area (Å²) < 4.78 is 10.6. The van der Waals surface area contributed by atoms with Crippen molar-refractivity contribution in [2.45, 2.75) is 12.8 Å². The molecular weight excluding hydrogens is 330 g/mol. The van der Waals surface area contributed by atoms with Crippen LogP contribution in [0.3, 0.4) is 0 Å². The van der Waals surface area contributed by atoms with Gasteiger partial charge in [0.15, 0.2) is 17.3 Å². The summed E-state index contributed by atoms with van der Waals surface area (Å²) in [4.78, 5) is 26.0. The maximum atomic E-state index is 12.4. The first-order chi connectivity index (χ1) is 12.6. The minimum Gasteiger partial charge on any atom is -0.493 e. The second-order valence-corrected chi connectivity index (χ2v) is 5.98. The van der Waals surface area contributed by atoms with Gasteiger partial charge in [0.25, 0.3) is 0 Å². The number of nitrogens with zero attached hydrogens (tertiary/aromatic N) is 1. The van der Waals surface area contributed by atoms with Crippen LogP contribution in [0.1, 0.15) is 28.8 Å². The molecule has 26 heavy (non-hydrogen) atoms. The second-order valence-electron chi connectivity index (χ2n) is 5.98. The van der Waals surface area contributed by atoms with Crippen LogP contribution in [-0.4, -0.2) is 32.5 Å². The molecule has 2 aromatic rings. The first-order valence-corrected chi connectivity index (χ1v) is 8.48. The molecule has 1 heterocycles. The standard InChI is InChI=1S/C21H21NO4/c1-25-19-6-3-5-16(21(19)26-2)10-13-18(23)15-8-11-17(12-9-15)22-14-4-7-20(22)24/h3,5-6,8-13H,4,7,14H2,1-2H3/b13-10+. The number of benzene rings is 2. The molecule has 1 aliphatic rings. The molecule has 3 rings (SSSR count). The van der Waals surface area contributed by atoms with Gasteiger partial charge < -0.3 is 14.4 Å². The van der Waals surface area contributed by atoms with Gasteiger partial charge in [0, 0.05) is 29.8 Å². The highest BCUT2D eigenvalue weighted by Crippen LogP contribution is 2.31. The number of ether oxygens (including phenoxy) is 2. The average Bonchev–Trinajstić information content (AvgIpc) is 3.11. The van der Waals surface area contributed by atoms with Crippen molar-refractivity contribution in [2.24, 2.45) is 0 Å². The summed E-state index contributed by atoms with van der Waals surface area (Å²) in [5.74, 6) is 1.21. The number of ketones is 1. The van der Waals surface area contributed by atoms with E-state index in [2.05, 4.69) is 0 Å². The van der Waals surface area contributed by atoms with Crippen molar-refractivity contribution in [1.82, 2.24) is 0 Å². The van der Waals surface area contributed by atoms with Gasteiger partial charge >= 0.3 is 0 Å². The molecule has 1 aliphatic heterocycles. The molecule has 2 aromatic carbocycles. The number of allylic oxidation sites excluding steroid dienone is 1. The Kier molecular flexibility index (Phi) is 5.37. The van der Waals surface area contributed by atoms with E-state index >= 15 is 0 Å². The third-order valence-electron chi connectivity index (χ3n) is 4.38. The summed E-state index contributed by atoms with van der Waals surface area (Å²) >= 11 is 0. The predicted molar refractivity (Wildman–Crippen MR) is 101 cm³/mol. The molecule has 0 bridgehead atoms. The van der Waals surface area contributed by atoms with Gasteiger partial charge in [-0.15, -0.1) is 0 Å². The quantitative estimate of drug-likeness (QED) is 0.588. The number of anilines is 1. The van der Waals surface area contributed by atoms with Crippen LogP contribution in [0.25, 0.3) is 6.08 Å². The number of methoxy groups -OCH3 is 2. The van der Waals surface area contributed by atoms with Crippen molar-refractivity contribution < 1.29 is 19.1 Å². The predicted octanol–water partition coefficient (Wildman–Crippen LogP) is 3.73. The van der Waals surface area contributed by atoms with E-state index in [1.807, 2.05) is 24.3 Å². The van der Waals surface area contributed by atoms with Crippen LogP contribution >= 0.6 is 0 Å². The first-order valence-electron chi connectivity index (χ1n) is 8.48. The van der Waals surface area contributed by atoms with E-state index in [1.165, 1.54) is 6.08 Å². The third kappa shape index (κ3) is 3.61. The van der Waals surface area contributed by atoms with Gasteiger partial charge in [-0.25, -0.2) is 0 Å². The maximum Gasteiger partial charge on any atom is 0.227 e. The third-order valence-corrected chi connectivity index (χ3v) is 4.38. The van der Waals surface area contributed by atoms with Crippen LogP contribution < -0.4 is 14.4 Å². The zero-order valence-corrected chi connectivity index (χ0v) is 14.9. The van der Waals surface area contributed by atoms with Crippen molar-refractivity contribution >= 4 is 23.5 Å². The van der Waals surface area contributed by atoms with Gasteiger partial charge in [0.2, 0.25) is 5.91 Å². The van der Waals surface area contributed by atoms with Gasteiger partial charge in [0.05, 0.1) is 14.2 Å². The lowest BCUT2D eigenvalue weighted by Crippen LogP contribution is -2.23. The summed E-state index contributed by atoms with van der Waals surface area (Å²) in [6, 6.07) is 12.6. The van der Waals surface area contributed by atoms with Crippen LogP contribution in [0.15, 0.2) is 48.5 Å². The van der Waals surface area contributed by atoms with Crippen LogP contribution in [0.4, 0.5) is 5.69 Å². The van der Waals surface area contributed by atoms with Crippen molar-refractivity contribution in [3.63, 3.8) is 0 Å². The zero-order valence-electron chi connectivity index (χ0n) is 14.9. The molecule has 0 spiro atoms. The summed E-state index contributed by atoms with van der Waals surface area (Å²) in [6.07, 6.45) is 4.69. The van der Waals surface area contributed by atoms with Crippen LogP contribution in [0.2, 0.25) is 0 Å². The van der Waals surface area contributed by atoms with Crippen LogP contribution in [0, 0.1) is 0 Å². The smallest absolute Gasteiger partial charge is 0.227 e. The summed E-state index contributed by atoms with van der Waals surface area (Å²) in [5, 5.41) is 0. The molecule has 0 saturated carbocycles. The number of para-hydroxylation sites is 1. The minimum absolute atomic E-state index is 0.117. The number of hydrogen-bond donors (Lipinski definition) is 0. The molecule has 134 valence electrons. The van der Waals surface area contributed by atoms with Gasteiger partial charge in [-0.1, -0.05) is 12.1 Å². The van der Waals surface area contributed by atoms with Crippen LogP contribution in [-0.2, 0) is 4.79 Å². The lowest BCUT2D eigenvalue weighted by Gasteiger charge is -2.15. The Morgan fingerprint density at radius 2 is 1.85 bits per heavy atom. The molecule has 0 unspecified atom stereocenters. The van der Waals surface area contributed by atoms with Gasteiger partial charge in [0.1, 0.15) is 0 Å². The van der Waals surface area contributed by atoms with Crippen molar-refractivity contribution in [3.8, 4) is 11.5 Å². The highest BCUT2D eigenvalue weighted by Gasteiger charge is 2.21. The van der Waals surface area contributed by atoms with E-state index in [-0.39, 0.29) is 11.7 Å². The average molecular weight is 351 g/mol. The Morgan fingerprint density at radius 3 is 2.46 bits per heavy atom. The molecule has 0 N–H and O–H groups in total. The van der Waals surface area contributed by atoms with Gasteiger partial charge in [-0.3, -0.25) is 9.59 Å². The fourth-order valence-corrected chi connectivity index (χ4v) is 3.03. The molecule has 0 aliphatic carbocycles. The molecular formula is C21H21NO4. The normalized spacial score (nSPS) is 14.1.